The minimum atomic E-state index is -0.187. The normalized spacial score (nSPS) is 17.4. The Morgan fingerprint density at radius 3 is 2.56 bits per heavy atom. The Bertz CT molecular complexity index is 1430. The first kappa shape index (κ1) is 26.6. The fourth-order valence-corrected chi connectivity index (χ4v) is 5.37. The number of methoxy groups -OCH3 is 1. The number of amidine groups is 1. The van der Waals surface area contributed by atoms with E-state index in [9.17, 15) is 9.59 Å². The van der Waals surface area contributed by atoms with Gasteiger partial charge in [-0.3, -0.25) is 9.59 Å². The molecule has 0 atom stereocenters. The van der Waals surface area contributed by atoms with Gasteiger partial charge in [0, 0.05) is 18.7 Å². The Morgan fingerprint density at radius 2 is 1.82 bits per heavy atom. The van der Waals surface area contributed by atoms with Crippen molar-refractivity contribution in [1.29, 1.82) is 0 Å². The molecular weight excluding hydrogens is 510 g/mol. The van der Waals surface area contributed by atoms with Crippen LogP contribution in [0.1, 0.15) is 46.3 Å². The van der Waals surface area contributed by atoms with Gasteiger partial charge in [-0.15, -0.1) is 0 Å². The summed E-state index contributed by atoms with van der Waals surface area (Å²) >= 11 is 1.30. The van der Waals surface area contributed by atoms with Crippen LogP contribution in [0.5, 0.6) is 11.5 Å². The van der Waals surface area contributed by atoms with Gasteiger partial charge in [-0.25, -0.2) is 4.99 Å². The monoisotopic (exact) mass is 541 g/mol. The largest absolute Gasteiger partial charge is 0.493 e. The van der Waals surface area contributed by atoms with E-state index in [1.165, 1.54) is 18.2 Å². The first-order valence-electron chi connectivity index (χ1n) is 13.0. The van der Waals surface area contributed by atoms with Gasteiger partial charge in [0.15, 0.2) is 16.7 Å². The zero-order valence-corrected chi connectivity index (χ0v) is 22.9. The van der Waals surface area contributed by atoms with E-state index >= 15 is 0 Å². The Labute approximate surface area is 232 Å². The number of likely N-dealkylation sites (tertiary alicyclic amines) is 1. The fraction of sp³-hybridized carbons (Fsp3) is 0.258. The summed E-state index contributed by atoms with van der Waals surface area (Å²) < 4.78 is 11.6. The Hall–Kier alpha value is -4.04. The number of aryl methyl sites for hydroxylation is 1. The summed E-state index contributed by atoms with van der Waals surface area (Å²) in [4.78, 5) is 32.3. The lowest BCUT2D eigenvalue weighted by Gasteiger charge is -2.26. The quantitative estimate of drug-likeness (QED) is 0.366. The molecule has 0 saturated carbocycles. The molecule has 3 aromatic rings. The topological polar surface area (TPSA) is 80.2 Å². The van der Waals surface area contributed by atoms with E-state index in [2.05, 4.69) is 10.3 Å². The number of carbonyl (C=O) groups is 2. The van der Waals surface area contributed by atoms with Gasteiger partial charge in [-0.05, 0) is 97.1 Å². The van der Waals surface area contributed by atoms with Gasteiger partial charge >= 0.3 is 0 Å². The average Bonchev–Trinajstić information content (AvgIpc) is 3.30. The highest BCUT2D eigenvalue weighted by molar-refractivity contribution is 8.18. The van der Waals surface area contributed by atoms with Crippen LogP contribution >= 0.6 is 11.8 Å². The van der Waals surface area contributed by atoms with Gasteiger partial charge in [0.1, 0.15) is 6.61 Å². The number of aliphatic imine (C=N–C) groups is 1. The summed E-state index contributed by atoms with van der Waals surface area (Å²) in [6, 6.07) is 20.9. The minimum Gasteiger partial charge on any atom is -0.493 e. The van der Waals surface area contributed by atoms with Crippen LogP contribution < -0.4 is 14.8 Å². The first-order chi connectivity index (χ1) is 19.0. The van der Waals surface area contributed by atoms with Crippen LogP contribution in [0.2, 0.25) is 0 Å². The molecule has 1 N–H and O–H groups in total. The summed E-state index contributed by atoms with van der Waals surface area (Å²) in [6.07, 6.45) is 5.15. The lowest BCUT2D eigenvalue weighted by molar-refractivity contribution is -0.115. The third kappa shape index (κ3) is 6.70. The maximum Gasteiger partial charge on any atom is 0.264 e. The maximum absolute atomic E-state index is 12.7. The van der Waals surface area contributed by atoms with Crippen LogP contribution in [0.3, 0.4) is 0 Å². The molecule has 3 aromatic carbocycles. The lowest BCUT2D eigenvalue weighted by atomic mass is 10.1. The minimum absolute atomic E-state index is 0.0937. The third-order valence-electron chi connectivity index (χ3n) is 6.61. The van der Waals surface area contributed by atoms with Crippen LogP contribution in [-0.4, -0.2) is 42.1 Å². The van der Waals surface area contributed by atoms with E-state index in [4.69, 9.17) is 9.47 Å². The zero-order chi connectivity index (χ0) is 27.2. The molecule has 2 fully saturated rings. The highest BCUT2D eigenvalue weighted by Gasteiger charge is 2.24. The number of amides is 2. The van der Waals surface area contributed by atoms with E-state index < -0.39 is 0 Å². The second kappa shape index (κ2) is 12.2. The lowest BCUT2D eigenvalue weighted by Crippen LogP contribution is -2.35. The van der Waals surface area contributed by atoms with Crippen LogP contribution in [0.4, 0.5) is 5.69 Å². The number of ether oxygens (including phenoxy) is 2. The summed E-state index contributed by atoms with van der Waals surface area (Å²) in [5, 5.41) is 3.37. The van der Waals surface area contributed by atoms with Crippen LogP contribution in [-0.2, 0) is 11.4 Å². The van der Waals surface area contributed by atoms with Crippen molar-refractivity contribution in [1.82, 2.24) is 10.2 Å². The van der Waals surface area contributed by atoms with Gasteiger partial charge < -0.3 is 19.7 Å². The van der Waals surface area contributed by atoms with Crippen molar-refractivity contribution in [3.8, 4) is 11.5 Å². The van der Waals surface area contributed by atoms with Crippen molar-refractivity contribution < 1.29 is 19.1 Å². The molecule has 0 spiro atoms. The van der Waals surface area contributed by atoms with Crippen molar-refractivity contribution in [2.45, 2.75) is 32.8 Å². The second-order valence-electron chi connectivity index (χ2n) is 9.57. The third-order valence-corrected chi connectivity index (χ3v) is 7.52. The number of hydrogen-bond acceptors (Lipinski definition) is 6. The summed E-state index contributed by atoms with van der Waals surface area (Å²) in [6.45, 7) is 4.01. The SMILES string of the molecule is COc1cc(/C=C2\SC(=Nc3cccc(C)c3)NC2=O)ccc1OCc1ccc(C(=O)N2CCCCC2)cc1. The molecule has 2 heterocycles. The number of nitrogens with one attached hydrogen (secondary N) is 1. The molecule has 0 aliphatic carbocycles. The Balaban J connectivity index is 1.22. The average molecular weight is 542 g/mol. The van der Waals surface area contributed by atoms with Crippen LogP contribution in [0.15, 0.2) is 76.6 Å². The number of rotatable bonds is 7. The summed E-state index contributed by atoms with van der Waals surface area (Å²) in [5.74, 6) is 1.07. The smallest absolute Gasteiger partial charge is 0.264 e. The van der Waals surface area contributed by atoms with E-state index in [1.807, 2.05) is 84.6 Å². The van der Waals surface area contributed by atoms with Crippen molar-refractivity contribution in [3.63, 3.8) is 0 Å². The molecule has 2 aliphatic heterocycles. The first-order valence-corrected chi connectivity index (χ1v) is 13.9. The van der Waals surface area contributed by atoms with E-state index in [1.54, 1.807) is 7.11 Å². The molecule has 0 aromatic heterocycles. The summed E-state index contributed by atoms with van der Waals surface area (Å²) in [7, 11) is 1.59. The van der Waals surface area contributed by atoms with Crippen molar-refractivity contribution in [3.05, 3.63) is 93.9 Å². The van der Waals surface area contributed by atoms with E-state index in [0.717, 1.165) is 48.3 Å². The Morgan fingerprint density at radius 1 is 1.03 bits per heavy atom. The zero-order valence-electron chi connectivity index (χ0n) is 22.1. The molecule has 0 bridgehead atoms. The number of carbonyl (C=O) groups excluding carboxylic acids is 2. The Kier molecular flexibility index (Phi) is 8.32. The maximum atomic E-state index is 12.7. The van der Waals surface area contributed by atoms with E-state index in [0.29, 0.717) is 33.7 Å². The highest BCUT2D eigenvalue weighted by Crippen LogP contribution is 2.33. The molecular formula is C31H31N3O4S. The summed E-state index contributed by atoms with van der Waals surface area (Å²) in [5.41, 5.74) is 4.38. The predicted octanol–water partition coefficient (Wildman–Crippen LogP) is 6.10. The molecule has 200 valence electrons. The molecule has 7 nitrogen and oxygen atoms in total. The number of benzene rings is 3. The molecule has 5 rings (SSSR count). The van der Waals surface area contributed by atoms with Crippen LogP contribution in [0.25, 0.3) is 6.08 Å². The molecule has 39 heavy (non-hydrogen) atoms. The van der Waals surface area contributed by atoms with Gasteiger partial charge in [-0.1, -0.05) is 30.3 Å². The van der Waals surface area contributed by atoms with Crippen molar-refractivity contribution in [2.24, 2.45) is 4.99 Å². The van der Waals surface area contributed by atoms with Crippen LogP contribution in [0, 0.1) is 6.92 Å². The predicted molar refractivity (Wildman–Crippen MR) is 156 cm³/mol. The van der Waals surface area contributed by atoms with E-state index in [-0.39, 0.29) is 11.8 Å². The molecule has 0 radical (unpaired) electrons. The standard InChI is InChI=1S/C31H31N3O4S/c1-21-7-6-8-25(17-21)32-31-33-29(35)28(39-31)19-23-11-14-26(27(18-23)37-2)38-20-22-9-12-24(13-10-22)30(36)34-15-4-3-5-16-34/h6-14,17-19H,3-5,15-16,20H2,1-2H3,(H,32,33,35)/b28-19-. The van der Waals surface area contributed by atoms with Gasteiger partial charge in [0.2, 0.25) is 0 Å². The number of thioether (sulfide) groups is 1. The number of piperidine rings is 1. The molecule has 8 heteroatoms. The number of hydrogen-bond donors (Lipinski definition) is 1. The number of nitrogens with zero attached hydrogens (tertiary/aromatic N) is 2. The fourth-order valence-electron chi connectivity index (χ4n) is 4.52. The second-order valence-corrected chi connectivity index (χ2v) is 10.6. The highest BCUT2D eigenvalue weighted by atomic mass is 32.2. The molecule has 0 unspecified atom stereocenters. The molecule has 2 saturated heterocycles. The van der Waals surface area contributed by atoms with Gasteiger partial charge in [0.25, 0.3) is 11.8 Å². The van der Waals surface area contributed by atoms with Crippen molar-refractivity contribution >= 4 is 40.5 Å². The molecule has 2 amide bonds. The van der Waals surface area contributed by atoms with Gasteiger partial charge in [0.05, 0.1) is 17.7 Å². The molecule has 2 aliphatic rings. The van der Waals surface area contributed by atoms with Gasteiger partial charge in [-0.2, -0.15) is 0 Å². The van der Waals surface area contributed by atoms with Crippen molar-refractivity contribution in [2.75, 3.05) is 20.2 Å².